The number of rotatable bonds is 6. The van der Waals surface area contributed by atoms with E-state index in [9.17, 15) is 9.59 Å². The summed E-state index contributed by atoms with van der Waals surface area (Å²) < 4.78 is 22.0. The van der Waals surface area contributed by atoms with Crippen molar-refractivity contribution in [2.45, 2.75) is 37.6 Å². The number of ether oxygens (including phenoxy) is 4. The van der Waals surface area contributed by atoms with Crippen LogP contribution in [0.2, 0.25) is 0 Å². The molecule has 8 nitrogen and oxygen atoms in total. The Bertz CT molecular complexity index is 1090. The lowest BCUT2D eigenvalue weighted by Crippen LogP contribution is -2.47. The molecule has 2 amide bonds. The van der Waals surface area contributed by atoms with E-state index in [0.29, 0.717) is 47.2 Å². The lowest BCUT2D eigenvalue weighted by molar-refractivity contribution is -0.134. The SMILES string of the molecule is COc1ccc([C@@H]2[C@H](C(=O)N3CCCCCC3)c3cc(OC)c(OC)cc3C(=O)N2C)cc1OC. The molecular weight excluding hydrogens is 448 g/mol. The van der Waals surface area contributed by atoms with Crippen molar-refractivity contribution in [2.24, 2.45) is 0 Å². The summed E-state index contributed by atoms with van der Waals surface area (Å²) in [4.78, 5) is 31.4. The molecular formula is C27H34N2O6. The number of likely N-dealkylation sites (tertiary alicyclic amines) is 1. The number of hydrogen-bond donors (Lipinski definition) is 0. The van der Waals surface area contributed by atoms with Gasteiger partial charge in [-0.1, -0.05) is 18.9 Å². The molecule has 0 bridgehead atoms. The molecule has 4 rings (SSSR count). The summed E-state index contributed by atoms with van der Waals surface area (Å²) in [6, 6.07) is 8.49. The van der Waals surface area contributed by atoms with Gasteiger partial charge in [0.25, 0.3) is 5.91 Å². The van der Waals surface area contributed by atoms with Crippen molar-refractivity contribution in [3.8, 4) is 23.0 Å². The van der Waals surface area contributed by atoms with Crippen molar-refractivity contribution < 1.29 is 28.5 Å². The van der Waals surface area contributed by atoms with Crippen LogP contribution in [0, 0.1) is 0 Å². The molecule has 35 heavy (non-hydrogen) atoms. The Hall–Kier alpha value is -3.42. The second-order valence-corrected chi connectivity index (χ2v) is 8.99. The van der Waals surface area contributed by atoms with Gasteiger partial charge in [-0.05, 0) is 48.2 Å². The maximum atomic E-state index is 14.2. The minimum atomic E-state index is -0.608. The fourth-order valence-electron chi connectivity index (χ4n) is 5.26. The second kappa shape index (κ2) is 10.5. The number of carbonyl (C=O) groups is 2. The summed E-state index contributed by atoms with van der Waals surface area (Å²) in [5.41, 5.74) is 1.90. The van der Waals surface area contributed by atoms with Gasteiger partial charge in [-0.25, -0.2) is 0 Å². The lowest BCUT2D eigenvalue weighted by atomic mass is 9.78. The van der Waals surface area contributed by atoms with Crippen LogP contribution < -0.4 is 18.9 Å². The fraction of sp³-hybridized carbons (Fsp3) is 0.481. The number of likely N-dealkylation sites (N-methyl/N-ethyl adjacent to an activating group) is 1. The summed E-state index contributed by atoms with van der Waals surface area (Å²) in [5.74, 6) is 1.30. The van der Waals surface area contributed by atoms with Gasteiger partial charge in [0.2, 0.25) is 5.91 Å². The maximum absolute atomic E-state index is 14.2. The van der Waals surface area contributed by atoms with Crippen LogP contribution in [-0.4, -0.2) is 70.2 Å². The molecule has 1 fully saturated rings. The van der Waals surface area contributed by atoms with Gasteiger partial charge >= 0.3 is 0 Å². The molecule has 2 aliphatic rings. The molecule has 0 N–H and O–H groups in total. The zero-order chi connectivity index (χ0) is 25.1. The number of hydrogen-bond acceptors (Lipinski definition) is 6. The molecule has 1 saturated heterocycles. The van der Waals surface area contributed by atoms with E-state index in [1.54, 1.807) is 45.4 Å². The van der Waals surface area contributed by atoms with E-state index in [-0.39, 0.29) is 11.8 Å². The first-order valence-corrected chi connectivity index (χ1v) is 12.0. The highest BCUT2D eigenvalue weighted by molar-refractivity contribution is 6.02. The number of benzene rings is 2. The quantitative estimate of drug-likeness (QED) is 0.619. The minimum absolute atomic E-state index is 0.0134. The van der Waals surface area contributed by atoms with E-state index < -0.39 is 12.0 Å². The van der Waals surface area contributed by atoms with Crippen molar-refractivity contribution in [3.63, 3.8) is 0 Å². The maximum Gasteiger partial charge on any atom is 0.254 e. The highest BCUT2D eigenvalue weighted by Crippen LogP contribution is 2.47. The van der Waals surface area contributed by atoms with Crippen molar-refractivity contribution in [2.75, 3.05) is 48.6 Å². The predicted molar refractivity (Wildman–Crippen MR) is 132 cm³/mol. The van der Waals surface area contributed by atoms with Crippen LogP contribution >= 0.6 is 0 Å². The Labute approximate surface area is 206 Å². The first kappa shape index (κ1) is 24.7. The average molecular weight is 483 g/mol. The van der Waals surface area contributed by atoms with E-state index >= 15 is 0 Å². The summed E-state index contributed by atoms with van der Waals surface area (Å²) in [6.45, 7) is 1.43. The number of fused-ring (bicyclic) bond motifs is 1. The highest BCUT2D eigenvalue weighted by atomic mass is 16.5. The van der Waals surface area contributed by atoms with Crippen molar-refractivity contribution in [3.05, 3.63) is 47.0 Å². The van der Waals surface area contributed by atoms with Crippen LogP contribution in [0.25, 0.3) is 0 Å². The summed E-state index contributed by atoms with van der Waals surface area (Å²) in [7, 11) is 7.98. The van der Waals surface area contributed by atoms with Gasteiger partial charge in [-0.2, -0.15) is 0 Å². The standard InChI is InChI=1S/C27H34N2O6/c1-28-25(17-10-11-20(32-2)21(14-17)33-3)24(27(31)29-12-8-6-7-9-13-29)18-15-22(34-4)23(35-5)16-19(18)26(28)30/h10-11,14-16,24-25H,6-9,12-13H2,1-5H3/t24-,25-/m1/s1. The minimum Gasteiger partial charge on any atom is -0.493 e. The summed E-state index contributed by atoms with van der Waals surface area (Å²) >= 11 is 0. The molecule has 2 heterocycles. The van der Waals surface area contributed by atoms with Gasteiger partial charge in [-0.3, -0.25) is 9.59 Å². The van der Waals surface area contributed by atoms with E-state index in [0.717, 1.165) is 31.2 Å². The van der Waals surface area contributed by atoms with Crippen molar-refractivity contribution in [1.82, 2.24) is 9.80 Å². The number of amides is 2. The first-order valence-electron chi connectivity index (χ1n) is 12.0. The largest absolute Gasteiger partial charge is 0.493 e. The zero-order valence-corrected chi connectivity index (χ0v) is 21.1. The first-order chi connectivity index (χ1) is 16.9. The Morgan fingerprint density at radius 3 is 1.97 bits per heavy atom. The van der Waals surface area contributed by atoms with Crippen LogP contribution in [0.3, 0.4) is 0 Å². The highest BCUT2D eigenvalue weighted by Gasteiger charge is 2.45. The third-order valence-electron chi connectivity index (χ3n) is 7.11. The zero-order valence-electron chi connectivity index (χ0n) is 21.1. The van der Waals surface area contributed by atoms with Gasteiger partial charge in [0.05, 0.1) is 40.4 Å². The normalized spacial score (nSPS) is 20.1. The number of methoxy groups -OCH3 is 4. The molecule has 0 aliphatic carbocycles. The van der Waals surface area contributed by atoms with Gasteiger partial charge in [0, 0.05) is 25.7 Å². The van der Waals surface area contributed by atoms with Crippen LogP contribution in [0.1, 0.15) is 59.1 Å². The Kier molecular flexibility index (Phi) is 7.38. The molecule has 0 saturated carbocycles. The van der Waals surface area contributed by atoms with E-state index in [1.807, 2.05) is 23.1 Å². The Balaban J connectivity index is 1.90. The van der Waals surface area contributed by atoms with E-state index in [4.69, 9.17) is 18.9 Å². The van der Waals surface area contributed by atoms with Crippen LogP contribution in [0.5, 0.6) is 23.0 Å². The van der Waals surface area contributed by atoms with Gasteiger partial charge in [0.1, 0.15) is 0 Å². The van der Waals surface area contributed by atoms with Crippen LogP contribution in [-0.2, 0) is 4.79 Å². The second-order valence-electron chi connectivity index (χ2n) is 8.99. The van der Waals surface area contributed by atoms with Crippen molar-refractivity contribution >= 4 is 11.8 Å². The Morgan fingerprint density at radius 2 is 1.37 bits per heavy atom. The number of carbonyl (C=O) groups excluding carboxylic acids is 2. The molecule has 2 aromatic rings. The summed E-state index contributed by atoms with van der Waals surface area (Å²) in [5, 5.41) is 0. The molecule has 0 spiro atoms. The third-order valence-corrected chi connectivity index (χ3v) is 7.11. The topological polar surface area (TPSA) is 77.5 Å². The average Bonchev–Trinajstić information content (AvgIpc) is 3.18. The number of nitrogens with zero attached hydrogens (tertiary/aromatic N) is 2. The monoisotopic (exact) mass is 482 g/mol. The van der Waals surface area contributed by atoms with E-state index in [2.05, 4.69) is 0 Å². The van der Waals surface area contributed by atoms with Crippen LogP contribution in [0.4, 0.5) is 0 Å². The Morgan fingerprint density at radius 1 is 0.800 bits per heavy atom. The molecule has 188 valence electrons. The van der Waals surface area contributed by atoms with Gasteiger partial charge in [-0.15, -0.1) is 0 Å². The van der Waals surface area contributed by atoms with Crippen LogP contribution in [0.15, 0.2) is 30.3 Å². The predicted octanol–water partition coefficient (Wildman–Crippen LogP) is 4.03. The fourth-order valence-corrected chi connectivity index (χ4v) is 5.26. The molecule has 0 aromatic heterocycles. The lowest BCUT2D eigenvalue weighted by Gasteiger charge is -2.42. The molecule has 2 aromatic carbocycles. The smallest absolute Gasteiger partial charge is 0.254 e. The molecule has 2 atom stereocenters. The molecule has 0 radical (unpaired) electrons. The van der Waals surface area contributed by atoms with Gasteiger partial charge < -0.3 is 28.7 Å². The molecule has 8 heteroatoms. The third kappa shape index (κ3) is 4.49. The van der Waals surface area contributed by atoms with E-state index in [1.165, 1.54) is 7.11 Å². The molecule has 0 unspecified atom stereocenters. The van der Waals surface area contributed by atoms with Gasteiger partial charge in [0.15, 0.2) is 23.0 Å². The van der Waals surface area contributed by atoms with Crippen molar-refractivity contribution in [1.29, 1.82) is 0 Å². The summed E-state index contributed by atoms with van der Waals surface area (Å²) in [6.07, 6.45) is 4.20. The molecule has 2 aliphatic heterocycles.